The number of anilines is 1. The van der Waals surface area contributed by atoms with Gasteiger partial charge in [0.2, 0.25) is 10.0 Å². The van der Waals surface area contributed by atoms with Gasteiger partial charge in [-0.15, -0.1) is 0 Å². The van der Waals surface area contributed by atoms with E-state index in [2.05, 4.69) is 0 Å². The Morgan fingerprint density at radius 3 is 2.42 bits per heavy atom. The molecule has 1 saturated heterocycles. The van der Waals surface area contributed by atoms with Gasteiger partial charge in [0.15, 0.2) is 6.61 Å². The van der Waals surface area contributed by atoms with Gasteiger partial charge < -0.3 is 14.7 Å². The molecule has 0 unspecified atom stereocenters. The molecule has 0 aromatic heterocycles. The maximum absolute atomic E-state index is 13.3. The first kappa shape index (κ1) is 23.1. The summed E-state index contributed by atoms with van der Waals surface area (Å²) in [5.41, 5.74) is 1.85. The molecular weight excluding hydrogens is 461 g/mol. The lowest BCUT2D eigenvalue weighted by molar-refractivity contribution is -0.153. The first-order valence-electron chi connectivity index (χ1n) is 10.1. The van der Waals surface area contributed by atoms with Gasteiger partial charge in [-0.05, 0) is 35.4 Å². The fraction of sp³-hybridized carbons (Fsp3) is 0.318. The van der Waals surface area contributed by atoms with E-state index in [-0.39, 0.29) is 35.7 Å². The number of sulfonamides is 1. The zero-order chi connectivity index (χ0) is 23.8. The molecule has 2 aliphatic rings. The monoisotopic (exact) mass is 482 g/mol. The quantitative estimate of drug-likeness (QED) is 0.681. The van der Waals surface area contributed by atoms with Gasteiger partial charge in [0.05, 0.1) is 4.90 Å². The van der Waals surface area contributed by atoms with Crippen molar-refractivity contribution in [1.29, 1.82) is 0 Å². The van der Waals surface area contributed by atoms with Crippen LogP contribution in [-0.2, 0) is 21.2 Å². The number of carboxylic acid groups (broad SMARTS) is 1. The Balaban J connectivity index is 1.45. The van der Waals surface area contributed by atoms with Crippen molar-refractivity contribution in [3.8, 4) is 5.75 Å². The summed E-state index contributed by atoms with van der Waals surface area (Å²) >= 11 is 0. The molecule has 0 bridgehead atoms. The highest BCUT2D eigenvalue weighted by Crippen LogP contribution is 2.33. The van der Waals surface area contributed by atoms with E-state index >= 15 is 0 Å². The lowest BCUT2D eigenvalue weighted by Gasteiger charge is -2.35. The van der Waals surface area contributed by atoms with Crippen LogP contribution in [0.3, 0.4) is 0 Å². The normalized spacial score (nSPS) is 16.9. The van der Waals surface area contributed by atoms with Crippen molar-refractivity contribution in [2.75, 3.05) is 37.7 Å². The third-order valence-electron chi connectivity index (χ3n) is 5.58. The van der Waals surface area contributed by atoms with Gasteiger partial charge in [0, 0.05) is 49.9 Å². The molecule has 2 aromatic carbocycles. The molecule has 1 aliphatic carbocycles. The van der Waals surface area contributed by atoms with Crippen LogP contribution in [0.2, 0.25) is 0 Å². The number of hydrogen-bond donors (Lipinski definition) is 1. The number of hydrogen-bond acceptors (Lipinski definition) is 5. The van der Waals surface area contributed by atoms with Crippen molar-refractivity contribution in [1.82, 2.24) is 4.31 Å². The zero-order valence-electron chi connectivity index (χ0n) is 17.4. The molecule has 1 fully saturated rings. The number of carboxylic acids is 1. The number of alkyl halides is 3. The molecular formula is C22H21F3N2O5S. The number of rotatable bonds is 6. The van der Waals surface area contributed by atoms with Gasteiger partial charge in [0.25, 0.3) is 0 Å². The second-order valence-electron chi connectivity index (χ2n) is 7.77. The lowest BCUT2D eigenvalue weighted by atomic mass is 10.1. The number of ether oxygens (including phenoxy) is 1. The summed E-state index contributed by atoms with van der Waals surface area (Å²) < 4.78 is 70.0. The van der Waals surface area contributed by atoms with Gasteiger partial charge in [-0.2, -0.15) is 17.5 Å². The third kappa shape index (κ3) is 4.98. The minimum Gasteiger partial charge on any atom is -0.484 e. The first-order valence-corrected chi connectivity index (χ1v) is 11.6. The van der Waals surface area contributed by atoms with Gasteiger partial charge in [-0.25, -0.2) is 13.2 Å². The van der Waals surface area contributed by atoms with E-state index in [1.165, 1.54) is 28.6 Å². The van der Waals surface area contributed by atoms with Crippen LogP contribution in [0.15, 0.2) is 52.9 Å². The molecule has 11 heteroatoms. The van der Waals surface area contributed by atoms with Crippen molar-refractivity contribution in [3.63, 3.8) is 0 Å². The number of halogens is 3. The van der Waals surface area contributed by atoms with E-state index in [0.717, 1.165) is 0 Å². The minimum atomic E-state index is -4.44. The van der Waals surface area contributed by atoms with Gasteiger partial charge in [0.1, 0.15) is 5.75 Å². The largest absolute Gasteiger partial charge is 0.484 e. The highest BCUT2D eigenvalue weighted by atomic mass is 32.2. The Bertz CT molecular complexity index is 1200. The molecule has 7 nitrogen and oxygen atoms in total. The van der Waals surface area contributed by atoms with Gasteiger partial charge >= 0.3 is 12.1 Å². The van der Waals surface area contributed by atoms with Crippen LogP contribution in [0.5, 0.6) is 5.75 Å². The zero-order valence-corrected chi connectivity index (χ0v) is 18.2. The fourth-order valence-electron chi connectivity index (χ4n) is 3.98. The average molecular weight is 482 g/mol. The number of carbonyl (C=O) groups is 1. The van der Waals surface area contributed by atoms with E-state index < -0.39 is 28.8 Å². The predicted molar refractivity (Wildman–Crippen MR) is 115 cm³/mol. The molecule has 33 heavy (non-hydrogen) atoms. The minimum absolute atomic E-state index is 0.0464. The van der Waals surface area contributed by atoms with Crippen molar-refractivity contribution >= 4 is 27.8 Å². The van der Waals surface area contributed by atoms with Gasteiger partial charge in [-0.1, -0.05) is 18.2 Å². The summed E-state index contributed by atoms with van der Waals surface area (Å²) in [6, 6.07) is 11.0. The molecule has 1 N–H and O–H groups in total. The Kier molecular flexibility index (Phi) is 6.10. The summed E-state index contributed by atoms with van der Waals surface area (Å²) in [6.45, 7) is -0.342. The van der Waals surface area contributed by atoms with Crippen LogP contribution in [0, 0.1) is 0 Å². The SMILES string of the molecule is O=C(O)C1=Cc2cccc(S(=O)(=O)N3CCN(c4cccc(OCC(F)(F)F)c4)CC3)c2C1. The Morgan fingerprint density at radius 1 is 1.06 bits per heavy atom. The topological polar surface area (TPSA) is 87.1 Å². The number of nitrogens with zero attached hydrogens (tertiary/aromatic N) is 2. The molecule has 2 aromatic rings. The summed E-state index contributed by atoms with van der Waals surface area (Å²) in [4.78, 5) is 13.3. The summed E-state index contributed by atoms with van der Waals surface area (Å²) in [5.74, 6) is -0.994. The van der Waals surface area contributed by atoms with Crippen LogP contribution < -0.4 is 9.64 Å². The standard InChI is InChI=1S/C22H21F3N2O5S/c23-22(24,25)14-32-18-5-2-4-17(13-18)26-7-9-27(10-8-26)33(30,31)20-6-1-3-15-11-16(21(28)29)12-19(15)20/h1-6,11,13H,7-10,12,14H2,(H,28,29). The second kappa shape index (κ2) is 8.71. The molecule has 0 spiro atoms. The van der Waals surface area contributed by atoms with Crippen molar-refractivity contribution < 1.29 is 36.2 Å². The summed E-state index contributed by atoms with van der Waals surface area (Å²) in [7, 11) is -3.84. The van der Waals surface area contributed by atoms with E-state index in [1.807, 2.05) is 4.90 Å². The Morgan fingerprint density at radius 2 is 1.76 bits per heavy atom. The van der Waals surface area contributed by atoms with E-state index in [1.54, 1.807) is 24.3 Å². The van der Waals surface area contributed by atoms with E-state index in [0.29, 0.717) is 29.9 Å². The molecule has 4 rings (SSSR count). The van der Waals surface area contributed by atoms with Crippen molar-refractivity contribution in [2.45, 2.75) is 17.5 Å². The Hall–Kier alpha value is -3.05. The fourth-order valence-corrected chi connectivity index (χ4v) is 5.65. The Labute approximate surface area is 188 Å². The molecule has 0 saturated carbocycles. The number of benzene rings is 2. The molecule has 0 atom stereocenters. The van der Waals surface area contributed by atoms with E-state index in [4.69, 9.17) is 4.74 Å². The van der Waals surface area contributed by atoms with Crippen LogP contribution in [0.1, 0.15) is 11.1 Å². The van der Waals surface area contributed by atoms with Crippen molar-refractivity contribution in [2.24, 2.45) is 0 Å². The average Bonchev–Trinajstić information content (AvgIpc) is 3.22. The number of piperazine rings is 1. The maximum atomic E-state index is 13.3. The predicted octanol–water partition coefficient (Wildman–Crippen LogP) is 3.16. The lowest BCUT2D eigenvalue weighted by Crippen LogP contribution is -2.48. The van der Waals surface area contributed by atoms with Crippen LogP contribution in [0.25, 0.3) is 6.08 Å². The highest BCUT2D eigenvalue weighted by molar-refractivity contribution is 7.89. The number of aliphatic carboxylic acids is 1. The number of fused-ring (bicyclic) bond motifs is 1. The highest BCUT2D eigenvalue weighted by Gasteiger charge is 2.33. The van der Waals surface area contributed by atoms with Crippen LogP contribution >= 0.6 is 0 Å². The van der Waals surface area contributed by atoms with Crippen LogP contribution in [-0.4, -0.2) is 62.8 Å². The summed E-state index contributed by atoms with van der Waals surface area (Å²) in [6.07, 6.45) is -2.90. The maximum Gasteiger partial charge on any atom is 0.422 e. The molecule has 0 radical (unpaired) electrons. The molecule has 176 valence electrons. The van der Waals surface area contributed by atoms with Crippen LogP contribution in [0.4, 0.5) is 18.9 Å². The summed E-state index contributed by atoms with van der Waals surface area (Å²) in [5, 5.41) is 9.26. The van der Waals surface area contributed by atoms with Gasteiger partial charge in [-0.3, -0.25) is 0 Å². The third-order valence-corrected chi connectivity index (χ3v) is 7.57. The molecule has 0 amide bonds. The molecule has 1 aliphatic heterocycles. The molecule has 1 heterocycles. The van der Waals surface area contributed by atoms with E-state index in [9.17, 15) is 31.5 Å². The van der Waals surface area contributed by atoms with Crippen molar-refractivity contribution in [3.05, 3.63) is 59.2 Å². The second-order valence-corrected chi connectivity index (χ2v) is 9.67. The first-order chi connectivity index (χ1) is 15.5. The smallest absolute Gasteiger partial charge is 0.422 e.